The summed E-state index contributed by atoms with van der Waals surface area (Å²) < 4.78 is 0. The van der Waals surface area contributed by atoms with Gasteiger partial charge in [-0.3, -0.25) is 4.79 Å². The second-order valence-corrected chi connectivity index (χ2v) is 4.77. The Morgan fingerprint density at radius 1 is 1.40 bits per heavy atom. The average molecular weight is 214 g/mol. The fraction of sp³-hybridized carbons (Fsp3) is 0.917. The summed E-state index contributed by atoms with van der Waals surface area (Å²) in [5, 5.41) is 19.6. The van der Waals surface area contributed by atoms with Gasteiger partial charge in [0.05, 0.1) is 6.10 Å². The Bertz CT molecular complexity index is 217. The SMILES string of the molecule is CC[C@@H](O)[C@](C)(O)C(=O)C1CCCCC1. The van der Waals surface area contributed by atoms with Crippen molar-refractivity contribution in [3.63, 3.8) is 0 Å². The van der Waals surface area contributed by atoms with Gasteiger partial charge in [-0.25, -0.2) is 0 Å². The summed E-state index contributed by atoms with van der Waals surface area (Å²) in [6.07, 6.45) is 4.51. The number of Topliss-reactive ketones (excluding diaryl/α,β-unsaturated/α-hetero) is 1. The lowest BCUT2D eigenvalue weighted by atomic mass is 9.78. The molecule has 1 aliphatic rings. The van der Waals surface area contributed by atoms with Crippen LogP contribution in [0.5, 0.6) is 0 Å². The summed E-state index contributed by atoms with van der Waals surface area (Å²) in [4.78, 5) is 12.0. The fourth-order valence-electron chi connectivity index (χ4n) is 2.34. The zero-order chi connectivity index (χ0) is 11.5. The summed E-state index contributed by atoms with van der Waals surface area (Å²) in [7, 11) is 0. The molecule has 0 aliphatic heterocycles. The first-order chi connectivity index (χ1) is 7.00. The molecule has 0 heterocycles. The van der Waals surface area contributed by atoms with E-state index in [1.807, 2.05) is 0 Å². The zero-order valence-corrected chi connectivity index (χ0v) is 9.70. The third-order valence-electron chi connectivity index (χ3n) is 3.51. The largest absolute Gasteiger partial charge is 0.390 e. The summed E-state index contributed by atoms with van der Waals surface area (Å²) in [5.74, 6) is -0.216. The molecule has 0 aromatic rings. The smallest absolute Gasteiger partial charge is 0.169 e. The van der Waals surface area contributed by atoms with Crippen molar-refractivity contribution < 1.29 is 15.0 Å². The van der Waals surface area contributed by atoms with Crippen LogP contribution in [0.2, 0.25) is 0 Å². The first-order valence-electron chi connectivity index (χ1n) is 5.95. The van der Waals surface area contributed by atoms with Crippen LogP contribution in [0.3, 0.4) is 0 Å². The second kappa shape index (κ2) is 5.08. The standard InChI is InChI=1S/C12H22O3/c1-3-10(13)12(2,15)11(14)9-7-5-4-6-8-9/h9-10,13,15H,3-8H2,1-2H3/t10-,12+/m1/s1. The Morgan fingerprint density at radius 2 is 1.93 bits per heavy atom. The molecule has 2 atom stereocenters. The lowest BCUT2D eigenvalue weighted by Crippen LogP contribution is -2.49. The van der Waals surface area contributed by atoms with E-state index >= 15 is 0 Å². The minimum absolute atomic E-state index is 0.0463. The predicted molar refractivity (Wildman–Crippen MR) is 58.5 cm³/mol. The highest BCUT2D eigenvalue weighted by molar-refractivity contribution is 5.89. The van der Waals surface area contributed by atoms with Crippen LogP contribution in [0.1, 0.15) is 52.4 Å². The van der Waals surface area contributed by atoms with Crippen molar-refractivity contribution in [2.75, 3.05) is 0 Å². The molecule has 0 spiro atoms. The van der Waals surface area contributed by atoms with Crippen LogP contribution in [0.15, 0.2) is 0 Å². The minimum atomic E-state index is -1.56. The Hall–Kier alpha value is -0.410. The van der Waals surface area contributed by atoms with Crippen LogP contribution < -0.4 is 0 Å². The molecule has 15 heavy (non-hydrogen) atoms. The second-order valence-electron chi connectivity index (χ2n) is 4.77. The van der Waals surface area contributed by atoms with Gasteiger partial charge in [-0.2, -0.15) is 0 Å². The van der Waals surface area contributed by atoms with Gasteiger partial charge in [0.1, 0.15) is 5.60 Å². The van der Waals surface area contributed by atoms with Crippen LogP contribution in [0, 0.1) is 5.92 Å². The number of hydrogen-bond acceptors (Lipinski definition) is 3. The van der Waals surface area contributed by atoms with E-state index in [0.717, 1.165) is 25.7 Å². The highest BCUT2D eigenvalue weighted by Gasteiger charge is 2.41. The summed E-state index contributed by atoms with van der Waals surface area (Å²) >= 11 is 0. The molecule has 3 heteroatoms. The summed E-state index contributed by atoms with van der Waals surface area (Å²) in [6.45, 7) is 3.21. The van der Waals surface area contributed by atoms with Gasteiger partial charge in [0.25, 0.3) is 0 Å². The number of carbonyl (C=O) groups excluding carboxylic acids is 1. The molecule has 88 valence electrons. The quantitative estimate of drug-likeness (QED) is 0.748. The molecule has 1 fully saturated rings. The van der Waals surface area contributed by atoms with Crippen LogP contribution in [0.25, 0.3) is 0 Å². The third kappa shape index (κ3) is 2.79. The minimum Gasteiger partial charge on any atom is -0.390 e. The Labute approximate surface area is 91.5 Å². The molecule has 0 amide bonds. The number of aliphatic hydroxyl groups is 2. The lowest BCUT2D eigenvalue weighted by Gasteiger charge is -2.32. The molecule has 0 radical (unpaired) electrons. The topological polar surface area (TPSA) is 57.5 Å². The average Bonchev–Trinajstić information content (AvgIpc) is 2.28. The van der Waals surface area contributed by atoms with Crippen molar-refractivity contribution in [1.82, 2.24) is 0 Å². The maximum atomic E-state index is 12.0. The normalized spacial score (nSPS) is 24.5. The monoisotopic (exact) mass is 214 g/mol. The van der Waals surface area contributed by atoms with Crippen LogP contribution in [-0.2, 0) is 4.79 Å². The molecule has 0 saturated heterocycles. The predicted octanol–water partition coefficient (Wildman–Crippen LogP) is 1.66. The molecule has 2 N–H and O–H groups in total. The van der Waals surface area contributed by atoms with Crippen LogP contribution in [-0.4, -0.2) is 27.7 Å². The molecule has 0 bridgehead atoms. The van der Waals surface area contributed by atoms with Crippen molar-refractivity contribution in [3.05, 3.63) is 0 Å². The first kappa shape index (κ1) is 12.7. The maximum absolute atomic E-state index is 12.0. The highest BCUT2D eigenvalue weighted by Crippen LogP contribution is 2.29. The maximum Gasteiger partial charge on any atom is 0.169 e. The van der Waals surface area contributed by atoms with Crippen molar-refractivity contribution in [2.45, 2.75) is 64.1 Å². The Balaban J connectivity index is 2.64. The Kier molecular flexibility index (Phi) is 4.29. The molecule has 3 nitrogen and oxygen atoms in total. The molecule has 0 aromatic carbocycles. The van der Waals surface area contributed by atoms with E-state index in [9.17, 15) is 15.0 Å². The summed E-state index contributed by atoms with van der Waals surface area (Å²) in [6, 6.07) is 0. The van der Waals surface area contributed by atoms with Gasteiger partial charge in [0, 0.05) is 5.92 Å². The number of aliphatic hydroxyl groups excluding tert-OH is 1. The van der Waals surface area contributed by atoms with E-state index in [-0.39, 0.29) is 11.7 Å². The van der Waals surface area contributed by atoms with Gasteiger partial charge < -0.3 is 10.2 Å². The molecule has 1 saturated carbocycles. The van der Waals surface area contributed by atoms with E-state index in [1.165, 1.54) is 13.3 Å². The Morgan fingerprint density at radius 3 is 2.40 bits per heavy atom. The van der Waals surface area contributed by atoms with Crippen LogP contribution in [0.4, 0.5) is 0 Å². The van der Waals surface area contributed by atoms with E-state index < -0.39 is 11.7 Å². The number of carbonyl (C=O) groups is 1. The van der Waals surface area contributed by atoms with E-state index in [1.54, 1.807) is 6.92 Å². The van der Waals surface area contributed by atoms with Crippen molar-refractivity contribution in [3.8, 4) is 0 Å². The van der Waals surface area contributed by atoms with E-state index in [2.05, 4.69) is 0 Å². The van der Waals surface area contributed by atoms with Gasteiger partial charge in [-0.05, 0) is 26.2 Å². The van der Waals surface area contributed by atoms with E-state index in [0.29, 0.717) is 6.42 Å². The van der Waals surface area contributed by atoms with Gasteiger partial charge in [-0.15, -0.1) is 0 Å². The lowest BCUT2D eigenvalue weighted by molar-refractivity contribution is -0.153. The first-order valence-corrected chi connectivity index (χ1v) is 5.95. The summed E-state index contributed by atoms with van der Waals surface area (Å²) in [5.41, 5.74) is -1.56. The zero-order valence-electron chi connectivity index (χ0n) is 9.70. The van der Waals surface area contributed by atoms with Crippen LogP contribution >= 0.6 is 0 Å². The van der Waals surface area contributed by atoms with E-state index in [4.69, 9.17) is 0 Å². The van der Waals surface area contributed by atoms with Gasteiger partial charge >= 0.3 is 0 Å². The molecule has 0 unspecified atom stereocenters. The number of ketones is 1. The molecule has 1 rings (SSSR count). The third-order valence-corrected chi connectivity index (χ3v) is 3.51. The number of hydrogen-bond donors (Lipinski definition) is 2. The van der Waals surface area contributed by atoms with Crippen molar-refractivity contribution in [1.29, 1.82) is 0 Å². The molecule has 0 aromatic heterocycles. The molecule has 1 aliphatic carbocycles. The fourth-order valence-corrected chi connectivity index (χ4v) is 2.34. The molecular weight excluding hydrogens is 192 g/mol. The van der Waals surface area contributed by atoms with Crippen molar-refractivity contribution >= 4 is 5.78 Å². The molecular formula is C12H22O3. The number of rotatable bonds is 4. The van der Waals surface area contributed by atoms with Gasteiger partial charge in [0.2, 0.25) is 0 Å². The van der Waals surface area contributed by atoms with Crippen molar-refractivity contribution in [2.24, 2.45) is 5.92 Å². The highest BCUT2D eigenvalue weighted by atomic mass is 16.3. The van der Waals surface area contributed by atoms with Gasteiger partial charge in [0.15, 0.2) is 5.78 Å². The van der Waals surface area contributed by atoms with Gasteiger partial charge in [-0.1, -0.05) is 26.2 Å².